The van der Waals surface area contributed by atoms with Crippen molar-refractivity contribution in [2.24, 2.45) is 7.05 Å². The summed E-state index contributed by atoms with van der Waals surface area (Å²) in [4.78, 5) is 20.4. The summed E-state index contributed by atoms with van der Waals surface area (Å²) >= 11 is 0. The number of imidazole rings is 1. The quantitative estimate of drug-likeness (QED) is 0.874. The van der Waals surface area contributed by atoms with E-state index < -0.39 is 0 Å². The van der Waals surface area contributed by atoms with Crippen molar-refractivity contribution in [2.45, 2.75) is 13.5 Å². The molecule has 0 bridgehead atoms. The number of amides is 2. The Hall–Kier alpha value is -2.01. The standard InChI is InChI=1S/C15H18N4O.ClH/c1-12-14(17(2)11-16-12)10-18-8-9-19(15(18)20)13-6-4-3-5-7-13;/h3-7,11H,8-10H2,1-2H3;1H. The Morgan fingerprint density at radius 1 is 1.19 bits per heavy atom. The monoisotopic (exact) mass is 306 g/mol. The van der Waals surface area contributed by atoms with Gasteiger partial charge in [-0.05, 0) is 19.1 Å². The van der Waals surface area contributed by atoms with E-state index in [0.29, 0.717) is 6.54 Å². The van der Waals surface area contributed by atoms with Crippen molar-refractivity contribution >= 4 is 24.1 Å². The zero-order valence-electron chi connectivity index (χ0n) is 12.2. The van der Waals surface area contributed by atoms with E-state index in [1.807, 2.05) is 58.7 Å². The highest BCUT2D eigenvalue weighted by atomic mass is 35.5. The molecular weight excluding hydrogens is 288 g/mol. The van der Waals surface area contributed by atoms with E-state index in [4.69, 9.17) is 0 Å². The summed E-state index contributed by atoms with van der Waals surface area (Å²) in [5.41, 5.74) is 3.04. The highest BCUT2D eigenvalue weighted by molar-refractivity contribution is 5.94. The van der Waals surface area contributed by atoms with Gasteiger partial charge in [-0.3, -0.25) is 4.90 Å². The first-order valence-electron chi connectivity index (χ1n) is 6.75. The number of hydrogen-bond donors (Lipinski definition) is 0. The number of aromatic nitrogens is 2. The minimum absolute atomic E-state index is 0. The number of para-hydroxylation sites is 1. The molecular formula is C15H19ClN4O. The molecule has 112 valence electrons. The Kier molecular flexibility index (Phi) is 4.53. The summed E-state index contributed by atoms with van der Waals surface area (Å²) in [6, 6.07) is 9.87. The zero-order chi connectivity index (χ0) is 14.1. The van der Waals surface area contributed by atoms with Gasteiger partial charge in [-0.2, -0.15) is 0 Å². The number of rotatable bonds is 3. The van der Waals surface area contributed by atoms with Crippen LogP contribution in [0.4, 0.5) is 10.5 Å². The van der Waals surface area contributed by atoms with Crippen LogP contribution in [0.5, 0.6) is 0 Å². The molecule has 0 saturated carbocycles. The molecule has 0 unspecified atom stereocenters. The van der Waals surface area contributed by atoms with Crippen LogP contribution in [0.25, 0.3) is 0 Å². The molecule has 2 aromatic rings. The van der Waals surface area contributed by atoms with E-state index in [1.54, 1.807) is 6.33 Å². The number of urea groups is 1. The molecule has 0 N–H and O–H groups in total. The van der Waals surface area contributed by atoms with Gasteiger partial charge in [-0.1, -0.05) is 18.2 Å². The van der Waals surface area contributed by atoms with E-state index in [-0.39, 0.29) is 18.4 Å². The second-order valence-electron chi connectivity index (χ2n) is 5.08. The molecule has 1 aromatic carbocycles. The smallest absolute Gasteiger partial charge is 0.324 e. The highest BCUT2D eigenvalue weighted by Crippen LogP contribution is 2.21. The normalized spacial score (nSPS) is 14.5. The molecule has 5 nitrogen and oxygen atoms in total. The largest absolute Gasteiger partial charge is 0.336 e. The Morgan fingerprint density at radius 3 is 2.52 bits per heavy atom. The lowest BCUT2D eigenvalue weighted by atomic mass is 10.3. The summed E-state index contributed by atoms with van der Waals surface area (Å²) in [6.07, 6.45) is 1.79. The topological polar surface area (TPSA) is 41.4 Å². The fraction of sp³-hybridized carbons (Fsp3) is 0.333. The van der Waals surface area contributed by atoms with Gasteiger partial charge in [0.25, 0.3) is 0 Å². The van der Waals surface area contributed by atoms with Gasteiger partial charge < -0.3 is 9.47 Å². The van der Waals surface area contributed by atoms with Crippen molar-refractivity contribution in [3.63, 3.8) is 0 Å². The van der Waals surface area contributed by atoms with Crippen LogP contribution < -0.4 is 4.90 Å². The average molecular weight is 307 g/mol. The highest BCUT2D eigenvalue weighted by Gasteiger charge is 2.30. The SMILES string of the molecule is Cc1ncn(C)c1CN1CCN(c2ccccc2)C1=O.Cl. The Labute approximate surface area is 130 Å². The van der Waals surface area contributed by atoms with Gasteiger partial charge >= 0.3 is 6.03 Å². The summed E-state index contributed by atoms with van der Waals surface area (Å²) in [5.74, 6) is 0. The van der Waals surface area contributed by atoms with E-state index >= 15 is 0 Å². The number of benzene rings is 1. The lowest BCUT2D eigenvalue weighted by Gasteiger charge is -2.19. The molecule has 2 amide bonds. The van der Waals surface area contributed by atoms with Gasteiger partial charge in [-0.25, -0.2) is 9.78 Å². The van der Waals surface area contributed by atoms with E-state index in [0.717, 1.165) is 30.2 Å². The molecule has 0 radical (unpaired) electrons. The van der Waals surface area contributed by atoms with Gasteiger partial charge in [0.15, 0.2) is 0 Å². The number of nitrogens with zero attached hydrogens (tertiary/aromatic N) is 4. The Morgan fingerprint density at radius 2 is 1.90 bits per heavy atom. The van der Waals surface area contributed by atoms with Crippen LogP contribution in [0, 0.1) is 6.92 Å². The fourth-order valence-corrected chi connectivity index (χ4v) is 2.56. The van der Waals surface area contributed by atoms with Crippen molar-refractivity contribution in [1.29, 1.82) is 0 Å². The first-order valence-corrected chi connectivity index (χ1v) is 6.75. The fourth-order valence-electron chi connectivity index (χ4n) is 2.56. The maximum atomic E-state index is 12.5. The maximum absolute atomic E-state index is 12.5. The van der Waals surface area contributed by atoms with Crippen molar-refractivity contribution in [1.82, 2.24) is 14.5 Å². The van der Waals surface area contributed by atoms with E-state index in [1.165, 1.54) is 0 Å². The number of aryl methyl sites for hydroxylation is 2. The third-order valence-corrected chi connectivity index (χ3v) is 3.77. The molecule has 0 spiro atoms. The number of anilines is 1. The summed E-state index contributed by atoms with van der Waals surface area (Å²) in [7, 11) is 1.96. The third kappa shape index (κ3) is 2.88. The van der Waals surface area contributed by atoms with Crippen molar-refractivity contribution in [3.05, 3.63) is 48.0 Å². The molecule has 1 saturated heterocycles. The minimum Gasteiger partial charge on any atom is -0.336 e. The van der Waals surface area contributed by atoms with Crippen LogP contribution >= 0.6 is 12.4 Å². The van der Waals surface area contributed by atoms with Crippen LogP contribution in [0.2, 0.25) is 0 Å². The number of halogens is 1. The zero-order valence-corrected chi connectivity index (χ0v) is 13.0. The van der Waals surface area contributed by atoms with Crippen molar-refractivity contribution < 1.29 is 4.79 Å². The van der Waals surface area contributed by atoms with Gasteiger partial charge in [0.1, 0.15) is 0 Å². The van der Waals surface area contributed by atoms with E-state index in [2.05, 4.69) is 4.98 Å². The summed E-state index contributed by atoms with van der Waals surface area (Å²) < 4.78 is 1.98. The van der Waals surface area contributed by atoms with Gasteiger partial charge in [0, 0.05) is 25.8 Å². The lowest BCUT2D eigenvalue weighted by Crippen LogP contribution is -2.32. The molecule has 21 heavy (non-hydrogen) atoms. The predicted molar refractivity (Wildman–Crippen MR) is 84.8 cm³/mol. The van der Waals surface area contributed by atoms with E-state index in [9.17, 15) is 4.79 Å². The van der Waals surface area contributed by atoms with Crippen LogP contribution in [-0.4, -0.2) is 33.6 Å². The molecule has 1 aliphatic rings. The van der Waals surface area contributed by atoms with Crippen LogP contribution in [0.1, 0.15) is 11.4 Å². The second kappa shape index (κ2) is 6.18. The minimum atomic E-state index is 0. The predicted octanol–water partition coefficient (Wildman–Crippen LogP) is 2.59. The first-order chi connectivity index (χ1) is 9.66. The molecule has 1 aromatic heterocycles. The molecule has 6 heteroatoms. The maximum Gasteiger partial charge on any atom is 0.324 e. The number of carbonyl (C=O) groups is 1. The molecule has 0 aliphatic carbocycles. The van der Waals surface area contributed by atoms with Crippen LogP contribution in [-0.2, 0) is 13.6 Å². The van der Waals surface area contributed by atoms with Crippen LogP contribution in [0.3, 0.4) is 0 Å². The molecule has 3 rings (SSSR count). The summed E-state index contributed by atoms with van der Waals surface area (Å²) in [5, 5.41) is 0. The van der Waals surface area contributed by atoms with Crippen molar-refractivity contribution in [3.8, 4) is 0 Å². The van der Waals surface area contributed by atoms with Crippen LogP contribution in [0.15, 0.2) is 36.7 Å². The number of hydrogen-bond acceptors (Lipinski definition) is 2. The Bertz CT molecular complexity index is 606. The molecule has 0 atom stereocenters. The number of carbonyl (C=O) groups excluding carboxylic acids is 1. The van der Waals surface area contributed by atoms with Gasteiger partial charge in [0.05, 0.1) is 24.3 Å². The second-order valence-corrected chi connectivity index (χ2v) is 5.08. The molecule has 1 fully saturated rings. The Balaban J connectivity index is 0.00000161. The molecule has 2 heterocycles. The third-order valence-electron chi connectivity index (χ3n) is 3.77. The summed E-state index contributed by atoms with van der Waals surface area (Å²) in [6.45, 7) is 4.08. The first kappa shape index (κ1) is 15.4. The van der Waals surface area contributed by atoms with Crippen molar-refractivity contribution in [2.75, 3.05) is 18.0 Å². The van der Waals surface area contributed by atoms with Gasteiger partial charge in [0.2, 0.25) is 0 Å². The molecule has 1 aliphatic heterocycles. The average Bonchev–Trinajstić information content (AvgIpc) is 2.98. The van der Waals surface area contributed by atoms with Gasteiger partial charge in [-0.15, -0.1) is 12.4 Å². The lowest BCUT2D eigenvalue weighted by molar-refractivity contribution is 0.217.